The molecular formula is C46H55N7O8. The van der Waals surface area contributed by atoms with Gasteiger partial charge in [-0.2, -0.15) is 0 Å². The predicted molar refractivity (Wildman–Crippen MR) is 228 cm³/mol. The number of methoxy groups -OCH3 is 1. The van der Waals surface area contributed by atoms with E-state index in [1.165, 1.54) is 18.9 Å². The summed E-state index contributed by atoms with van der Waals surface area (Å²) in [5.41, 5.74) is 1.66. The number of hydrogen-bond acceptors (Lipinski definition) is 9. The number of rotatable bonds is 7. The zero-order chi connectivity index (χ0) is 43.8. The number of carbonyl (C=O) groups excluding carboxylic acids is 6. The molecular weight excluding hydrogens is 779 g/mol. The summed E-state index contributed by atoms with van der Waals surface area (Å²) < 4.78 is 13.1. The second-order valence-corrected chi connectivity index (χ2v) is 17.6. The molecule has 0 saturated carbocycles. The maximum absolute atomic E-state index is 15.3. The number of aromatic nitrogens is 1. The van der Waals surface area contributed by atoms with E-state index in [1.807, 2.05) is 98.9 Å². The maximum atomic E-state index is 15.3. The summed E-state index contributed by atoms with van der Waals surface area (Å²) in [5.74, 6) is -3.08. The Balaban J connectivity index is 1.48. The Bertz CT molecular complexity index is 2340. The fourth-order valence-electron chi connectivity index (χ4n) is 8.98. The molecule has 3 aromatic carbocycles. The quantitative estimate of drug-likeness (QED) is 0.171. The second kappa shape index (κ2) is 16.9. The first kappa shape index (κ1) is 42.7. The van der Waals surface area contributed by atoms with Gasteiger partial charge in [0.15, 0.2) is 0 Å². The van der Waals surface area contributed by atoms with Crippen LogP contribution in [0.2, 0.25) is 0 Å². The highest BCUT2D eigenvalue weighted by atomic mass is 16.6. The third kappa shape index (κ3) is 8.50. The monoisotopic (exact) mass is 833 g/mol. The average Bonchev–Trinajstić information content (AvgIpc) is 3.74. The van der Waals surface area contributed by atoms with Gasteiger partial charge in [-0.05, 0) is 63.3 Å². The van der Waals surface area contributed by atoms with E-state index in [1.54, 1.807) is 20.8 Å². The number of anilines is 1. The highest BCUT2D eigenvalue weighted by Crippen LogP contribution is 2.51. The first-order valence-electron chi connectivity index (χ1n) is 20.8. The Hall–Kier alpha value is -6.38. The van der Waals surface area contributed by atoms with Crippen LogP contribution in [0.15, 0.2) is 85.1 Å². The lowest BCUT2D eigenvalue weighted by Gasteiger charge is -2.51. The van der Waals surface area contributed by atoms with Crippen LogP contribution in [0.1, 0.15) is 71.1 Å². The Morgan fingerprint density at radius 1 is 0.869 bits per heavy atom. The number of amides is 5. The molecule has 4 heterocycles. The molecule has 5 amide bonds. The van der Waals surface area contributed by atoms with Crippen LogP contribution in [0.25, 0.3) is 10.9 Å². The van der Waals surface area contributed by atoms with Crippen molar-refractivity contribution in [3.8, 4) is 0 Å². The lowest BCUT2D eigenvalue weighted by atomic mass is 9.77. The summed E-state index contributed by atoms with van der Waals surface area (Å²) in [6.45, 7) is 10.5. The summed E-state index contributed by atoms with van der Waals surface area (Å²) in [4.78, 5) is 86.8. The predicted octanol–water partition coefficient (Wildman–Crippen LogP) is 4.12. The van der Waals surface area contributed by atoms with Gasteiger partial charge in [-0.1, -0.05) is 80.6 Å². The Labute approximate surface area is 355 Å². The molecule has 1 aromatic heterocycles. The average molecular weight is 834 g/mol. The molecule has 4 bridgehead atoms. The zero-order valence-corrected chi connectivity index (χ0v) is 35.6. The van der Waals surface area contributed by atoms with E-state index >= 15 is 4.79 Å². The smallest absolute Gasteiger partial charge is 0.408 e. The van der Waals surface area contributed by atoms with Crippen molar-refractivity contribution in [3.63, 3.8) is 0 Å². The van der Waals surface area contributed by atoms with Crippen LogP contribution >= 0.6 is 0 Å². The van der Waals surface area contributed by atoms with Crippen molar-refractivity contribution in [2.45, 2.75) is 115 Å². The Morgan fingerprint density at radius 3 is 2.26 bits per heavy atom. The van der Waals surface area contributed by atoms with Gasteiger partial charge in [0.2, 0.25) is 23.6 Å². The van der Waals surface area contributed by atoms with E-state index in [-0.39, 0.29) is 31.6 Å². The van der Waals surface area contributed by atoms with Crippen LogP contribution in [0, 0.1) is 5.92 Å². The molecule has 15 nitrogen and oxygen atoms in total. The molecule has 5 N–H and O–H groups in total. The molecule has 4 aromatic rings. The van der Waals surface area contributed by atoms with Crippen LogP contribution < -0.4 is 26.6 Å². The molecule has 7 rings (SSSR count). The fraction of sp³-hybridized carbons (Fsp3) is 0.435. The van der Waals surface area contributed by atoms with Gasteiger partial charge in [0.1, 0.15) is 47.5 Å². The maximum Gasteiger partial charge on any atom is 0.408 e. The molecule has 2 unspecified atom stereocenters. The van der Waals surface area contributed by atoms with Crippen molar-refractivity contribution in [1.29, 1.82) is 0 Å². The van der Waals surface area contributed by atoms with Crippen molar-refractivity contribution in [2.75, 3.05) is 12.4 Å². The topological polar surface area (TPSA) is 189 Å². The molecule has 0 aliphatic carbocycles. The normalized spacial score (nSPS) is 24.7. The summed E-state index contributed by atoms with van der Waals surface area (Å²) >= 11 is 0. The molecule has 15 heteroatoms. The summed E-state index contributed by atoms with van der Waals surface area (Å²) in [6, 6.07) is 18.9. The minimum atomic E-state index is -1.21. The third-order valence-electron chi connectivity index (χ3n) is 11.6. The third-order valence-corrected chi connectivity index (χ3v) is 11.6. The highest BCUT2D eigenvalue weighted by molar-refractivity contribution is 5.98. The number of ether oxygens (including phenoxy) is 2. The molecule has 7 atom stereocenters. The van der Waals surface area contributed by atoms with Crippen LogP contribution in [0.3, 0.4) is 0 Å². The molecule has 61 heavy (non-hydrogen) atoms. The van der Waals surface area contributed by atoms with Gasteiger partial charge in [0.25, 0.3) is 0 Å². The van der Waals surface area contributed by atoms with E-state index in [0.29, 0.717) is 5.56 Å². The van der Waals surface area contributed by atoms with Gasteiger partial charge in [-0.15, -0.1) is 0 Å². The number of fused-ring (bicyclic) bond motifs is 7. The molecule has 3 aliphatic heterocycles. The van der Waals surface area contributed by atoms with Gasteiger partial charge in [0, 0.05) is 47.6 Å². The number of nitrogens with zero attached hydrogens (tertiary/aromatic N) is 2. The van der Waals surface area contributed by atoms with Crippen molar-refractivity contribution < 1.29 is 38.2 Å². The molecule has 0 radical (unpaired) electrons. The van der Waals surface area contributed by atoms with Crippen molar-refractivity contribution in [1.82, 2.24) is 30.7 Å². The molecule has 1 spiro atoms. The first-order chi connectivity index (χ1) is 29.0. The van der Waals surface area contributed by atoms with Crippen molar-refractivity contribution in [2.24, 2.45) is 5.92 Å². The minimum absolute atomic E-state index is 0.0136. The molecule has 3 aliphatic rings. The number of para-hydroxylation sites is 2. The standard InChI is InChI=1S/C46H55N7O8/c1-26(2)21-33-40(56)49-35-24-46(31-18-12-13-19-32(31)50-43(46)53(41(35)57)37(42(58)60-7)22-28-15-9-8-10-16-28)52-25-29(30-17-11-14-20-36(30)52)23-34(51-44(59)61-45(4,5)6)39(55)47-27(3)38(54)48-33/h8-20,25-27,33-35,37,43,50H,21-24H2,1-7H3,(H,47,55)(H,48,54)(H,49,56)(H,51,59)/t27-,33-,34-,35?,37-,43+,46?/m0/s1. The van der Waals surface area contributed by atoms with Crippen molar-refractivity contribution >= 4 is 52.3 Å². The van der Waals surface area contributed by atoms with Gasteiger partial charge >= 0.3 is 12.1 Å². The molecule has 1 fully saturated rings. The highest BCUT2D eigenvalue weighted by Gasteiger charge is 2.61. The number of carbonyl (C=O) groups is 6. The number of piperidine rings is 1. The number of nitrogens with one attached hydrogen (secondary N) is 5. The van der Waals surface area contributed by atoms with Gasteiger partial charge in [-0.3, -0.25) is 19.2 Å². The number of alkyl carbamates (subject to hydrolysis) is 1. The first-order valence-corrected chi connectivity index (χ1v) is 20.8. The number of hydrogen-bond donors (Lipinski definition) is 5. The van der Waals surface area contributed by atoms with Gasteiger partial charge in [0.05, 0.1) is 7.11 Å². The lowest BCUT2D eigenvalue weighted by molar-refractivity contribution is -0.161. The van der Waals surface area contributed by atoms with E-state index < -0.39 is 83.2 Å². The van der Waals surface area contributed by atoms with E-state index in [0.717, 1.165) is 27.7 Å². The van der Waals surface area contributed by atoms with Crippen LogP contribution in [-0.2, 0) is 51.8 Å². The number of esters is 1. The van der Waals surface area contributed by atoms with E-state index in [9.17, 15) is 24.0 Å². The fourth-order valence-corrected chi connectivity index (χ4v) is 8.98. The van der Waals surface area contributed by atoms with E-state index in [4.69, 9.17) is 9.47 Å². The number of likely N-dealkylation sites (tertiary alicyclic amines) is 1. The SMILES string of the molecule is COC(=O)[C@H](Cc1ccccc1)N1C(=O)C2CC3(c4ccccc4N[C@H]13)n1cc(c3ccccc31)C[C@H](NC(=O)OC(C)(C)C)C(=O)N[C@@H](C)C(=O)N[C@@H](CC(C)C)C(=O)N2. The zero-order valence-electron chi connectivity index (χ0n) is 35.6. The van der Waals surface area contributed by atoms with Crippen LogP contribution in [0.5, 0.6) is 0 Å². The van der Waals surface area contributed by atoms with Gasteiger partial charge in [-0.25, -0.2) is 9.59 Å². The second-order valence-electron chi connectivity index (χ2n) is 17.6. The molecule has 322 valence electrons. The Kier molecular flexibility index (Phi) is 11.9. The largest absolute Gasteiger partial charge is 0.467 e. The summed E-state index contributed by atoms with van der Waals surface area (Å²) in [7, 11) is 1.28. The van der Waals surface area contributed by atoms with Crippen molar-refractivity contribution in [3.05, 3.63) is 102 Å². The van der Waals surface area contributed by atoms with Crippen LogP contribution in [-0.4, -0.2) is 94.2 Å². The van der Waals surface area contributed by atoms with Crippen LogP contribution in [0.4, 0.5) is 10.5 Å². The molecule has 1 saturated heterocycles. The van der Waals surface area contributed by atoms with Gasteiger partial charge < -0.3 is 45.5 Å². The minimum Gasteiger partial charge on any atom is -0.467 e. The Morgan fingerprint density at radius 2 is 1.56 bits per heavy atom. The summed E-state index contributed by atoms with van der Waals surface area (Å²) in [5, 5.41) is 15.7. The number of benzene rings is 3. The summed E-state index contributed by atoms with van der Waals surface area (Å²) in [6.07, 6.45) is 0.555. The van der Waals surface area contributed by atoms with E-state index in [2.05, 4.69) is 31.2 Å². The lowest BCUT2D eigenvalue weighted by Crippen LogP contribution is -2.71.